The van der Waals surface area contributed by atoms with Gasteiger partial charge < -0.3 is 9.42 Å². The molecule has 2 aromatic rings. The van der Waals surface area contributed by atoms with Crippen LogP contribution >= 0.6 is 0 Å². The Morgan fingerprint density at radius 2 is 2.05 bits per heavy atom. The van der Waals surface area contributed by atoms with Gasteiger partial charge in [-0.25, -0.2) is 4.98 Å². The van der Waals surface area contributed by atoms with Gasteiger partial charge in [0.2, 0.25) is 0 Å². The summed E-state index contributed by atoms with van der Waals surface area (Å²) in [5.41, 5.74) is 2.79. The predicted molar refractivity (Wildman–Crippen MR) is 82.4 cm³/mol. The lowest BCUT2D eigenvalue weighted by molar-refractivity contribution is 0.247. The molecule has 0 aliphatic carbocycles. The van der Waals surface area contributed by atoms with E-state index in [-0.39, 0.29) is 0 Å². The van der Waals surface area contributed by atoms with Crippen LogP contribution in [0.15, 0.2) is 22.9 Å². The van der Waals surface area contributed by atoms with Crippen molar-refractivity contribution in [2.45, 2.75) is 20.4 Å². The Hall–Kier alpha value is -2.39. The molecule has 0 bridgehead atoms. The lowest BCUT2D eigenvalue weighted by Gasteiger charge is -2.35. The Kier molecular flexibility index (Phi) is 4.07. The number of rotatable bonds is 3. The number of pyridine rings is 1. The summed E-state index contributed by atoms with van der Waals surface area (Å²) < 4.78 is 5.22. The van der Waals surface area contributed by atoms with E-state index in [1.165, 1.54) is 5.56 Å². The van der Waals surface area contributed by atoms with Crippen LogP contribution in [0.4, 0.5) is 5.82 Å². The third-order valence-corrected chi connectivity index (χ3v) is 4.14. The van der Waals surface area contributed by atoms with Crippen molar-refractivity contribution in [2.75, 3.05) is 31.1 Å². The highest BCUT2D eigenvalue weighted by Gasteiger charge is 2.22. The number of hydrogen-bond acceptors (Lipinski definition) is 6. The summed E-state index contributed by atoms with van der Waals surface area (Å²) in [6.45, 7) is 8.41. The van der Waals surface area contributed by atoms with E-state index in [0.717, 1.165) is 50.0 Å². The summed E-state index contributed by atoms with van der Waals surface area (Å²) in [5, 5.41) is 13.2. The Bertz CT molecular complexity index is 675. The second-order valence-electron chi connectivity index (χ2n) is 5.55. The fraction of sp³-hybridized carbons (Fsp3) is 0.438. The van der Waals surface area contributed by atoms with Crippen LogP contribution in [-0.4, -0.2) is 41.2 Å². The van der Waals surface area contributed by atoms with Gasteiger partial charge >= 0.3 is 0 Å². The van der Waals surface area contributed by atoms with Crippen LogP contribution in [0, 0.1) is 25.2 Å². The number of aromatic nitrogens is 2. The van der Waals surface area contributed by atoms with Crippen LogP contribution < -0.4 is 4.90 Å². The van der Waals surface area contributed by atoms with Crippen molar-refractivity contribution < 1.29 is 4.52 Å². The van der Waals surface area contributed by atoms with E-state index in [0.29, 0.717) is 5.56 Å². The minimum Gasteiger partial charge on any atom is -0.361 e. The molecule has 1 fully saturated rings. The summed E-state index contributed by atoms with van der Waals surface area (Å²) >= 11 is 0. The largest absolute Gasteiger partial charge is 0.361 e. The standard InChI is InChI=1S/C16H19N5O/c1-12-15(13(2)22-19-12)11-20-6-8-21(9-7-20)16-14(10-17)4-3-5-18-16/h3-5H,6-9,11H2,1-2H3. The Labute approximate surface area is 129 Å². The van der Waals surface area contributed by atoms with Crippen LogP contribution in [-0.2, 0) is 6.54 Å². The molecule has 1 saturated heterocycles. The zero-order valence-electron chi connectivity index (χ0n) is 12.9. The van der Waals surface area contributed by atoms with Crippen molar-refractivity contribution in [2.24, 2.45) is 0 Å². The third kappa shape index (κ3) is 2.81. The summed E-state index contributed by atoms with van der Waals surface area (Å²) in [6, 6.07) is 5.84. The molecular formula is C16H19N5O. The first-order valence-electron chi connectivity index (χ1n) is 7.43. The number of aryl methyl sites for hydroxylation is 2. The summed E-state index contributed by atoms with van der Waals surface area (Å²) in [6.07, 6.45) is 1.74. The Balaban J connectivity index is 1.65. The third-order valence-electron chi connectivity index (χ3n) is 4.14. The quantitative estimate of drug-likeness (QED) is 0.861. The summed E-state index contributed by atoms with van der Waals surface area (Å²) in [5.74, 6) is 1.69. The second kappa shape index (κ2) is 6.16. The number of nitriles is 1. The van der Waals surface area contributed by atoms with E-state index >= 15 is 0 Å². The van der Waals surface area contributed by atoms with Gasteiger partial charge in [-0.05, 0) is 26.0 Å². The maximum Gasteiger partial charge on any atom is 0.146 e. The molecule has 0 aromatic carbocycles. The highest BCUT2D eigenvalue weighted by molar-refractivity contribution is 5.53. The fourth-order valence-electron chi connectivity index (χ4n) is 2.81. The lowest BCUT2D eigenvalue weighted by Crippen LogP contribution is -2.46. The van der Waals surface area contributed by atoms with Crippen molar-refractivity contribution in [3.63, 3.8) is 0 Å². The maximum atomic E-state index is 9.19. The highest BCUT2D eigenvalue weighted by Crippen LogP contribution is 2.20. The molecule has 0 N–H and O–H groups in total. The molecule has 0 amide bonds. The second-order valence-corrected chi connectivity index (χ2v) is 5.55. The van der Waals surface area contributed by atoms with Gasteiger partial charge in [0.1, 0.15) is 17.6 Å². The molecule has 0 saturated carbocycles. The lowest BCUT2D eigenvalue weighted by atomic mass is 10.1. The first kappa shape index (κ1) is 14.5. The molecular weight excluding hydrogens is 278 g/mol. The van der Waals surface area contributed by atoms with Crippen molar-refractivity contribution in [3.8, 4) is 6.07 Å². The van der Waals surface area contributed by atoms with Gasteiger partial charge in [-0.2, -0.15) is 5.26 Å². The zero-order chi connectivity index (χ0) is 15.5. The smallest absolute Gasteiger partial charge is 0.146 e. The minimum atomic E-state index is 0.640. The number of hydrogen-bond donors (Lipinski definition) is 0. The van der Waals surface area contributed by atoms with E-state index in [1.54, 1.807) is 12.3 Å². The van der Waals surface area contributed by atoms with E-state index in [2.05, 4.69) is 26.0 Å². The molecule has 3 rings (SSSR count). The van der Waals surface area contributed by atoms with Gasteiger partial charge in [0, 0.05) is 44.5 Å². The van der Waals surface area contributed by atoms with E-state index < -0.39 is 0 Å². The molecule has 3 heterocycles. The van der Waals surface area contributed by atoms with Crippen LogP contribution in [0.5, 0.6) is 0 Å². The molecule has 2 aromatic heterocycles. The molecule has 0 atom stereocenters. The monoisotopic (exact) mass is 297 g/mol. The number of piperazine rings is 1. The molecule has 114 valence electrons. The van der Waals surface area contributed by atoms with Gasteiger partial charge in [0.25, 0.3) is 0 Å². The van der Waals surface area contributed by atoms with Gasteiger partial charge in [0.05, 0.1) is 11.3 Å². The van der Waals surface area contributed by atoms with E-state index in [1.807, 2.05) is 19.9 Å². The number of nitrogens with zero attached hydrogens (tertiary/aromatic N) is 5. The molecule has 22 heavy (non-hydrogen) atoms. The average Bonchev–Trinajstić information content (AvgIpc) is 2.87. The SMILES string of the molecule is Cc1noc(C)c1CN1CCN(c2ncccc2C#N)CC1. The zero-order valence-corrected chi connectivity index (χ0v) is 12.9. The summed E-state index contributed by atoms with van der Waals surface area (Å²) in [4.78, 5) is 8.93. The predicted octanol–water partition coefficient (Wildman–Crippen LogP) is 1.88. The van der Waals surface area contributed by atoms with Crippen LogP contribution in [0.3, 0.4) is 0 Å². The van der Waals surface area contributed by atoms with Crippen molar-refractivity contribution in [3.05, 3.63) is 40.9 Å². The van der Waals surface area contributed by atoms with Crippen LogP contribution in [0.25, 0.3) is 0 Å². The van der Waals surface area contributed by atoms with Crippen LogP contribution in [0.1, 0.15) is 22.6 Å². The topological polar surface area (TPSA) is 69.2 Å². The van der Waals surface area contributed by atoms with Crippen molar-refractivity contribution in [1.82, 2.24) is 15.0 Å². The first-order valence-corrected chi connectivity index (χ1v) is 7.43. The molecule has 0 spiro atoms. The molecule has 0 unspecified atom stereocenters. The van der Waals surface area contributed by atoms with E-state index in [9.17, 15) is 5.26 Å². The normalized spacial score (nSPS) is 15.8. The Morgan fingerprint density at radius 3 is 2.68 bits per heavy atom. The fourth-order valence-corrected chi connectivity index (χ4v) is 2.81. The van der Waals surface area contributed by atoms with Gasteiger partial charge in [-0.1, -0.05) is 5.16 Å². The highest BCUT2D eigenvalue weighted by atomic mass is 16.5. The van der Waals surface area contributed by atoms with Gasteiger partial charge in [-0.15, -0.1) is 0 Å². The summed E-state index contributed by atoms with van der Waals surface area (Å²) in [7, 11) is 0. The van der Waals surface area contributed by atoms with Gasteiger partial charge in [0.15, 0.2) is 0 Å². The maximum absolute atomic E-state index is 9.19. The van der Waals surface area contributed by atoms with E-state index in [4.69, 9.17) is 4.52 Å². The molecule has 0 radical (unpaired) electrons. The molecule has 6 nitrogen and oxygen atoms in total. The van der Waals surface area contributed by atoms with Crippen molar-refractivity contribution >= 4 is 5.82 Å². The molecule has 1 aliphatic rings. The Morgan fingerprint density at radius 1 is 1.27 bits per heavy atom. The van der Waals surface area contributed by atoms with Gasteiger partial charge in [-0.3, -0.25) is 4.90 Å². The first-order chi connectivity index (χ1) is 10.7. The average molecular weight is 297 g/mol. The molecule has 6 heteroatoms. The molecule has 1 aliphatic heterocycles. The minimum absolute atomic E-state index is 0.640. The number of anilines is 1. The van der Waals surface area contributed by atoms with Crippen molar-refractivity contribution in [1.29, 1.82) is 5.26 Å². The van der Waals surface area contributed by atoms with Crippen LogP contribution in [0.2, 0.25) is 0 Å².